The minimum Gasteiger partial charge on any atom is -0.497 e. The number of ether oxygens (including phenoxy) is 3. The molecule has 148 valence electrons. The van der Waals surface area contributed by atoms with Crippen LogP contribution in [0, 0.1) is 6.92 Å². The van der Waals surface area contributed by atoms with Crippen molar-refractivity contribution in [3.8, 4) is 17.2 Å². The summed E-state index contributed by atoms with van der Waals surface area (Å²) >= 11 is 0. The molecule has 4 aromatic rings. The van der Waals surface area contributed by atoms with Crippen molar-refractivity contribution < 1.29 is 14.2 Å². The highest BCUT2D eigenvalue weighted by Crippen LogP contribution is 2.21. The Bertz CT molecular complexity index is 1090. The second-order valence-corrected chi connectivity index (χ2v) is 6.80. The van der Waals surface area contributed by atoms with Gasteiger partial charge in [0.2, 0.25) is 0 Å². The molecule has 0 unspecified atom stereocenters. The summed E-state index contributed by atoms with van der Waals surface area (Å²) in [6.45, 7) is 3.69. The van der Waals surface area contributed by atoms with Gasteiger partial charge in [0.1, 0.15) is 36.3 Å². The standard InChI is InChI=1S/C24H24N2O3/c1-18-6-5-7-21(16-18)28-15-14-26-23-9-4-3-8-22(23)25-24(26)17-29-20-12-10-19(27-2)11-13-20/h3-13,16H,14-15,17H2,1-2H3. The van der Waals surface area contributed by atoms with Gasteiger partial charge in [0.25, 0.3) is 0 Å². The summed E-state index contributed by atoms with van der Waals surface area (Å²) in [6.07, 6.45) is 0. The van der Waals surface area contributed by atoms with Gasteiger partial charge in [0.05, 0.1) is 24.7 Å². The van der Waals surface area contributed by atoms with E-state index in [1.807, 2.05) is 60.7 Å². The molecule has 0 aliphatic carbocycles. The van der Waals surface area contributed by atoms with Crippen molar-refractivity contribution in [1.82, 2.24) is 9.55 Å². The Morgan fingerprint density at radius 3 is 2.41 bits per heavy atom. The minimum atomic E-state index is 0.380. The van der Waals surface area contributed by atoms with E-state index in [-0.39, 0.29) is 0 Å². The number of aryl methyl sites for hydroxylation is 1. The van der Waals surface area contributed by atoms with Crippen molar-refractivity contribution in [2.45, 2.75) is 20.1 Å². The van der Waals surface area contributed by atoms with Crippen LogP contribution in [0.2, 0.25) is 0 Å². The number of hydrogen-bond acceptors (Lipinski definition) is 4. The lowest BCUT2D eigenvalue weighted by atomic mass is 10.2. The highest BCUT2D eigenvalue weighted by Gasteiger charge is 2.11. The van der Waals surface area contributed by atoms with E-state index in [0.717, 1.165) is 34.1 Å². The van der Waals surface area contributed by atoms with E-state index in [1.165, 1.54) is 5.56 Å². The van der Waals surface area contributed by atoms with Crippen molar-refractivity contribution in [3.05, 3.63) is 84.2 Å². The first kappa shape index (κ1) is 18.9. The molecular formula is C24H24N2O3. The molecule has 0 aliphatic heterocycles. The van der Waals surface area contributed by atoms with Crippen LogP contribution in [0.15, 0.2) is 72.8 Å². The van der Waals surface area contributed by atoms with E-state index in [2.05, 4.69) is 23.6 Å². The van der Waals surface area contributed by atoms with Gasteiger partial charge in [-0.2, -0.15) is 0 Å². The molecule has 3 aromatic carbocycles. The molecule has 4 rings (SSSR count). The molecular weight excluding hydrogens is 364 g/mol. The molecule has 5 nitrogen and oxygen atoms in total. The Hall–Kier alpha value is -3.47. The molecule has 0 saturated heterocycles. The zero-order valence-electron chi connectivity index (χ0n) is 16.7. The van der Waals surface area contributed by atoms with Crippen LogP contribution in [0.1, 0.15) is 11.4 Å². The third-order valence-corrected chi connectivity index (χ3v) is 4.73. The topological polar surface area (TPSA) is 45.5 Å². The third-order valence-electron chi connectivity index (χ3n) is 4.73. The molecule has 0 amide bonds. The molecule has 0 saturated carbocycles. The molecule has 5 heteroatoms. The fourth-order valence-electron chi connectivity index (χ4n) is 3.26. The number of nitrogens with zero attached hydrogens (tertiary/aromatic N) is 2. The van der Waals surface area contributed by atoms with Crippen molar-refractivity contribution in [2.24, 2.45) is 0 Å². The number of imidazole rings is 1. The molecule has 0 N–H and O–H groups in total. The first-order valence-electron chi connectivity index (χ1n) is 9.63. The number of hydrogen-bond donors (Lipinski definition) is 0. The van der Waals surface area contributed by atoms with Crippen molar-refractivity contribution in [1.29, 1.82) is 0 Å². The monoisotopic (exact) mass is 388 g/mol. The number of aromatic nitrogens is 2. The van der Waals surface area contributed by atoms with Gasteiger partial charge in [-0.3, -0.25) is 0 Å². The molecule has 0 aliphatic rings. The van der Waals surface area contributed by atoms with E-state index < -0.39 is 0 Å². The molecule has 29 heavy (non-hydrogen) atoms. The number of benzene rings is 3. The summed E-state index contributed by atoms with van der Waals surface area (Å²) in [5, 5.41) is 0. The maximum absolute atomic E-state index is 5.96. The molecule has 1 aromatic heterocycles. The van der Waals surface area contributed by atoms with Crippen LogP contribution in [0.25, 0.3) is 11.0 Å². The quantitative estimate of drug-likeness (QED) is 0.426. The van der Waals surface area contributed by atoms with Gasteiger partial charge in [-0.1, -0.05) is 24.3 Å². The van der Waals surface area contributed by atoms with E-state index in [4.69, 9.17) is 19.2 Å². The van der Waals surface area contributed by atoms with Crippen molar-refractivity contribution in [3.63, 3.8) is 0 Å². The zero-order chi connectivity index (χ0) is 20.1. The Balaban J connectivity index is 1.49. The number of rotatable bonds is 8. The predicted octanol–water partition coefficient (Wildman–Crippen LogP) is 5.01. The maximum atomic E-state index is 5.96. The first-order valence-corrected chi connectivity index (χ1v) is 9.63. The average Bonchev–Trinajstić information content (AvgIpc) is 3.10. The fraction of sp³-hybridized carbons (Fsp3) is 0.208. The van der Waals surface area contributed by atoms with Crippen LogP contribution >= 0.6 is 0 Å². The first-order chi connectivity index (χ1) is 14.2. The van der Waals surface area contributed by atoms with Gasteiger partial charge in [-0.25, -0.2) is 4.98 Å². The van der Waals surface area contributed by atoms with E-state index in [1.54, 1.807) is 7.11 Å². The Morgan fingerprint density at radius 2 is 1.62 bits per heavy atom. The zero-order valence-corrected chi connectivity index (χ0v) is 16.7. The van der Waals surface area contributed by atoms with E-state index in [9.17, 15) is 0 Å². The maximum Gasteiger partial charge on any atom is 0.148 e. The van der Waals surface area contributed by atoms with E-state index >= 15 is 0 Å². The number of para-hydroxylation sites is 2. The van der Waals surface area contributed by atoms with Crippen LogP contribution < -0.4 is 14.2 Å². The minimum absolute atomic E-state index is 0.380. The van der Waals surface area contributed by atoms with Gasteiger partial charge >= 0.3 is 0 Å². The van der Waals surface area contributed by atoms with Gasteiger partial charge in [0, 0.05) is 0 Å². The Kier molecular flexibility index (Phi) is 5.66. The second-order valence-electron chi connectivity index (χ2n) is 6.80. The molecule has 0 radical (unpaired) electrons. The highest BCUT2D eigenvalue weighted by atomic mass is 16.5. The van der Waals surface area contributed by atoms with E-state index in [0.29, 0.717) is 19.8 Å². The second kappa shape index (κ2) is 8.69. The summed E-state index contributed by atoms with van der Waals surface area (Å²) < 4.78 is 19.3. The van der Waals surface area contributed by atoms with Gasteiger partial charge in [0.15, 0.2) is 0 Å². The van der Waals surface area contributed by atoms with Crippen LogP contribution in [-0.4, -0.2) is 23.3 Å². The lowest BCUT2D eigenvalue weighted by Gasteiger charge is -2.12. The lowest BCUT2D eigenvalue weighted by molar-refractivity contribution is 0.272. The van der Waals surface area contributed by atoms with Gasteiger partial charge in [-0.15, -0.1) is 0 Å². The fourth-order valence-corrected chi connectivity index (χ4v) is 3.26. The van der Waals surface area contributed by atoms with Gasteiger partial charge in [-0.05, 0) is 61.0 Å². The smallest absolute Gasteiger partial charge is 0.148 e. The SMILES string of the molecule is COc1ccc(OCc2nc3ccccc3n2CCOc2cccc(C)c2)cc1. The third kappa shape index (κ3) is 4.51. The molecule has 1 heterocycles. The largest absolute Gasteiger partial charge is 0.497 e. The van der Waals surface area contributed by atoms with Gasteiger partial charge < -0.3 is 18.8 Å². The van der Waals surface area contributed by atoms with Crippen LogP contribution in [0.5, 0.6) is 17.2 Å². The molecule has 0 spiro atoms. The highest BCUT2D eigenvalue weighted by molar-refractivity contribution is 5.75. The summed E-state index contributed by atoms with van der Waals surface area (Å²) in [5.74, 6) is 3.33. The molecule has 0 bridgehead atoms. The van der Waals surface area contributed by atoms with Crippen LogP contribution in [0.3, 0.4) is 0 Å². The lowest BCUT2D eigenvalue weighted by Crippen LogP contribution is -2.13. The summed E-state index contributed by atoms with van der Waals surface area (Å²) in [7, 11) is 1.65. The Morgan fingerprint density at radius 1 is 0.828 bits per heavy atom. The Labute approximate surface area is 170 Å². The summed E-state index contributed by atoms with van der Waals surface area (Å²) in [6, 6.07) is 23.8. The number of methoxy groups -OCH3 is 1. The summed E-state index contributed by atoms with van der Waals surface area (Å²) in [5.41, 5.74) is 3.22. The average molecular weight is 388 g/mol. The molecule has 0 fully saturated rings. The van der Waals surface area contributed by atoms with Crippen molar-refractivity contribution in [2.75, 3.05) is 13.7 Å². The van der Waals surface area contributed by atoms with Crippen LogP contribution in [0.4, 0.5) is 0 Å². The van der Waals surface area contributed by atoms with Crippen molar-refractivity contribution >= 4 is 11.0 Å². The van der Waals surface area contributed by atoms with Crippen LogP contribution in [-0.2, 0) is 13.2 Å². The normalized spacial score (nSPS) is 10.8. The predicted molar refractivity (Wildman–Crippen MR) is 114 cm³/mol. The number of fused-ring (bicyclic) bond motifs is 1. The molecule has 0 atom stereocenters. The summed E-state index contributed by atoms with van der Waals surface area (Å²) in [4.78, 5) is 4.76.